The Balaban J connectivity index is 1.95. The van der Waals surface area contributed by atoms with Crippen molar-refractivity contribution < 1.29 is 19.1 Å². The summed E-state index contributed by atoms with van der Waals surface area (Å²) >= 11 is 0. The summed E-state index contributed by atoms with van der Waals surface area (Å²) in [7, 11) is 0. The van der Waals surface area contributed by atoms with E-state index in [2.05, 4.69) is 0 Å². The van der Waals surface area contributed by atoms with Gasteiger partial charge < -0.3 is 14.4 Å². The van der Waals surface area contributed by atoms with Crippen molar-refractivity contribution in [2.45, 2.75) is 46.1 Å². The Kier molecular flexibility index (Phi) is 5.82. The Morgan fingerprint density at radius 2 is 2.00 bits per heavy atom. The minimum absolute atomic E-state index is 0.0619. The highest BCUT2D eigenvalue weighted by molar-refractivity contribution is 5.91. The second kappa shape index (κ2) is 7.64. The molecule has 1 fully saturated rings. The molecule has 0 aromatic carbocycles. The van der Waals surface area contributed by atoms with Crippen molar-refractivity contribution in [3.8, 4) is 0 Å². The van der Waals surface area contributed by atoms with Gasteiger partial charge in [0.2, 0.25) is 0 Å². The summed E-state index contributed by atoms with van der Waals surface area (Å²) < 4.78 is 5.65. The predicted octanol–water partition coefficient (Wildman–Crippen LogP) is 2.16. The molecule has 0 saturated carbocycles. The summed E-state index contributed by atoms with van der Waals surface area (Å²) in [6, 6.07) is 2.04. The summed E-state index contributed by atoms with van der Waals surface area (Å²) in [6.45, 7) is 7.98. The smallest absolute Gasteiger partial charge is 0.317 e. The van der Waals surface area contributed by atoms with E-state index >= 15 is 0 Å². The van der Waals surface area contributed by atoms with Crippen LogP contribution >= 0.6 is 0 Å². The van der Waals surface area contributed by atoms with E-state index in [1.165, 1.54) is 0 Å². The maximum absolute atomic E-state index is 12.5. The van der Waals surface area contributed by atoms with Crippen molar-refractivity contribution in [3.63, 3.8) is 0 Å². The molecule has 1 aliphatic rings. The zero-order valence-electron chi connectivity index (χ0n) is 14.2. The molecule has 0 aliphatic carbocycles. The van der Waals surface area contributed by atoms with Crippen LogP contribution in [-0.2, 0) is 11.2 Å². The lowest BCUT2D eigenvalue weighted by Crippen LogP contribution is -2.48. The summed E-state index contributed by atoms with van der Waals surface area (Å²) in [5, 5.41) is 8.97. The fourth-order valence-corrected chi connectivity index (χ4v) is 3.24. The van der Waals surface area contributed by atoms with Gasteiger partial charge in [0.25, 0.3) is 5.91 Å². The molecule has 0 bridgehead atoms. The van der Waals surface area contributed by atoms with Crippen LogP contribution in [0.4, 0.5) is 0 Å². The molecule has 0 atom stereocenters. The number of carbonyl (C=O) groups excluding carboxylic acids is 1. The summed E-state index contributed by atoms with van der Waals surface area (Å²) in [6.07, 6.45) is 2.38. The fourth-order valence-electron chi connectivity index (χ4n) is 3.24. The van der Waals surface area contributed by atoms with E-state index in [0.717, 1.165) is 30.6 Å². The molecular weight excluding hydrogens is 296 g/mol. The van der Waals surface area contributed by atoms with Gasteiger partial charge in [0, 0.05) is 25.6 Å². The van der Waals surface area contributed by atoms with Crippen LogP contribution in [-0.4, -0.2) is 59.0 Å². The van der Waals surface area contributed by atoms with Gasteiger partial charge in [-0.3, -0.25) is 14.5 Å². The first-order valence-electron chi connectivity index (χ1n) is 8.30. The van der Waals surface area contributed by atoms with E-state index in [-0.39, 0.29) is 18.5 Å². The third-order valence-corrected chi connectivity index (χ3v) is 4.57. The lowest BCUT2D eigenvalue weighted by molar-refractivity contribution is -0.139. The number of hydrogen-bond acceptors (Lipinski definition) is 4. The Hall–Kier alpha value is -1.82. The number of amides is 1. The Morgan fingerprint density at radius 3 is 2.48 bits per heavy atom. The molecule has 0 spiro atoms. The van der Waals surface area contributed by atoms with Gasteiger partial charge in [-0.1, -0.05) is 13.8 Å². The number of rotatable bonds is 6. The predicted molar refractivity (Wildman–Crippen MR) is 86.6 cm³/mol. The number of carboxylic acid groups (broad SMARTS) is 1. The molecule has 1 aliphatic heterocycles. The van der Waals surface area contributed by atoms with E-state index in [4.69, 9.17) is 9.52 Å². The average molecular weight is 322 g/mol. The second-order valence-corrected chi connectivity index (χ2v) is 6.05. The number of carboxylic acids is 1. The Bertz CT molecular complexity index is 559. The molecule has 6 heteroatoms. The van der Waals surface area contributed by atoms with Gasteiger partial charge in [0.05, 0.1) is 6.54 Å². The molecular formula is C17H26N2O4. The molecule has 1 aromatic heterocycles. The third-order valence-electron chi connectivity index (χ3n) is 4.57. The van der Waals surface area contributed by atoms with E-state index in [9.17, 15) is 9.59 Å². The van der Waals surface area contributed by atoms with Gasteiger partial charge in [-0.2, -0.15) is 0 Å². The zero-order chi connectivity index (χ0) is 17.0. The molecule has 23 heavy (non-hydrogen) atoms. The van der Waals surface area contributed by atoms with Crippen LogP contribution in [0.3, 0.4) is 0 Å². The Morgan fingerprint density at radius 1 is 1.35 bits per heavy atom. The third kappa shape index (κ3) is 4.13. The summed E-state index contributed by atoms with van der Waals surface area (Å²) in [5.74, 6) is 0.411. The largest absolute Gasteiger partial charge is 0.480 e. The number of nitrogens with zero attached hydrogens (tertiary/aromatic N) is 2. The van der Waals surface area contributed by atoms with E-state index in [1.54, 1.807) is 0 Å². The van der Waals surface area contributed by atoms with Crippen LogP contribution < -0.4 is 0 Å². The van der Waals surface area contributed by atoms with Gasteiger partial charge in [-0.15, -0.1) is 0 Å². The van der Waals surface area contributed by atoms with E-state index in [1.807, 2.05) is 36.6 Å². The molecule has 0 unspecified atom stereocenters. The van der Waals surface area contributed by atoms with Gasteiger partial charge >= 0.3 is 5.97 Å². The number of likely N-dealkylation sites (tertiary alicyclic amines) is 1. The number of likely N-dealkylation sites (N-methyl/N-ethyl adjacent to an activating group) is 1. The molecule has 128 valence electrons. The summed E-state index contributed by atoms with van der Waals surface area (Å²) in [5.41, 5.74) is 1.02. The first-order chi connectivity index (χ1) is 11.0. The first kappa shape index (κ1) is 17.5. The maximum Gasteiger partial charge on any atom is 0.317 e. The van der Waals surface area contributed by atoms with Crippen LogP contribution in [0.5, 0.6) is 0 Å². The minimum Gasteiger partial charge on any atom is -0.480 e. The molecule has 2 heterocycles. The van der Waals surface area contributed by atoms with Gasteiger partial charge in [0.15, 0.2) is 5.76 Å². The van der Waals surface area contributed by atoms with Crippen LogP contribution in [0.2, 0.25) is 0 Å². The Labute approximate surface area is 137 Å². The van der Waals surface area contributed by atoms with Gasteiger partial charge in [0.1, 0.15) is 5.76 Å². The molecule has 1 saturated heterocycles. The number of piperidine rings is 1. The molecule has 1 aromatic rings. The molecule has 0 radical (unpaired) electrons. The van der Waals surface area contributed by atoms with Crippen molar-refractivity contribution in [2.24, 2.45) is 0 Å². The zero-order valence-corrected chi connectivity index (χ0v) is 14.2. The number of furan rings is 1. The topological polar surface area (TPSA) is 74.0 Å². The van der Waals surface area contributed by atoms with E-state index < -0.39 is 5.97 Å². The number of aryl methyl sites for hydroxylation is 2. The maximum atomic E-state index is 12.5. The number of aliphatic carboxylic acids is 1. The van der Waals surface area contributed by atoms with E-state index in [0.29, 0.717) is 25.4 Å². The lowest BCUT2D eigenvalue weighted by atomic mass is 10.0. The number of carbonyl (C=O) groups is 2. The highest BCUT2D eigenvalue weighted by Gasteiger charge is 2.29. The van der Waals surface area contributed by atoms with Crippen molar-refractivity contribution in [3.05, 3.63) is 23.2 Å². The van der Waals surface area contributed by atoms with Gasteiger partial charge in [-0.05, 0) is 37.9 Å². The molecule has 1 amide bonds. The van der Waals surface area contributed by atoms with Crippen LogP contribution in [0, 0.1) is 6.92 Å². The van der Waals surface area contributed by atoms with Crippen LogP contribution in [0.25, 0.3) is 0 Å². The average Bonchev–Trinajstić information content (AvgIpc) is 2.93. The van der Waals surface area contributed by atoms with Crippen molar-refractivity contribution in [1.29, 1.82) is 0 Å². The quantitative estimate of drug-likeness (QED) is 0.869. The standard InChI is InChI=1S/C17H26N2O4/c1-4-14-12(3)10-15(23-14)17(22)19-8-6-13(7-9-19)18(5-2)11-16(20)21/h10,13H,4-9,11H2,1-3H3,(H,20,21). The highest BCUT2D eigenvalue weighted by atomic mass is 16.4. The molecule has 1 N–H and O–H groups in total. The minimum atomic E-state index is -0.802. The van der Waals surface area contributed by atoms with Crippen LogP contribution in [0.1, 0.15) is 48.6 Å². The van der Waals surface area contributed by atoms with Crippen molar-refractivity contribution in [1.82, 2.24) is 9.80 Å². The molecule has 6 nitrogen and oxygen atoms in total. The monoisotopic (exact) mass is 322 g/mol. The van der Waals surface area contributed by atoms with Crippen LogP contribution in [0.15, 0.2) is 10.5 Å². The highest BCUT2D eigenvalue weighted by Crippen LogP contribution is 2.21. The molecule has 2 rings (SSSR count). The SMILES string of the molecule is CCc1oc(C(=O)N2CCC(N(CC)CC(=O)O)CC2)cc1C. The summed E-state index contributed by atoms with van der Waals surface area (Å²) in [4.78, 5) is 27.2. The normalized spacial score (nSPS) is 16.1. The van der Waals surface area contributed by atoms with Crippen molar-refractivity contribution in [2.75, 3.05) is 26.2 Å². The van der Waals surface area contributed by atoms with Crippen molar-refractivity contribution >= 4 is 11.9 Å². The fraction of sp³-hybridized carbons (Fsp3) is 0.647. The second-order valence-electron chi connectivity index (χ2n) is 6.05. The lowest BCUT2D eigenvalue weighted by Gasteiger charge is -2.37. The number of hydrogen-bond donors (Lipinski definition) is 1. The first-order valence-corrected chi connectivity index (χ1v) is 8.30. The van der Waals surface area contributed by atoms with Gasteiger partial charge in [-0.25, -0.2) is 0 Å².